The third-order valence-corrected chi connectivity index (χ3v) is 6.01. The lowest BCUT2D eigenvalue weighted by Crippen LogP contribution is -2.47. The second kappa shape index (κ2) is 10.7. The van der Waals surface area contributed by atoms with Crippen molar-refractivity contribution in [2.45, 2.75) is 50.6 Å². The molecule has 2 aliphatic rings. The molecule has 0 radical (unpaired) electrons. The molecule has 6 nitrogen and oxygen atoms in total. The number of nitrogens with one attached hydrogen (secondary N) is 2. The summed E-state index contributed by atoms with van der Waals surface area (Å²) in [5, 5.41) is 6.81. The van der Waals surface area contributed by atoms with E-state index in [1.165, 1.54) is 0 Å². The highest BCUT2D eigenvalue weighted by Crippen LogP contribution is 2.29. The van der Waals surface area contributed by atoms with Crippen LogP contribution in [-0.4, -0.2) is 69.0 Å². The molecular weight excluding hydrogens is 409 g/mol. The minimum absolute atomic E-state index is 0.237. The summed E-state index contributed by atoms with van der Waals surface area (Å²) in [5.74, 6) is 0.770. The number of guanidine groups is 1. The van der Waals surface area contributed by atoms with Gasteiger partial charge in [0.25, 0.3) is 0 Å². The van der Waals surface area contributed by atoms with E-state index < -0.39 is 11.7 Å². The number of methoxy groups -OCH3 is 1. The summed E-state index contributed by atoms with van der Waals surface area (Å²) in [6, 6.07) is 5.67. The van der Waals surface area contributed by atoms with Crippen LogP contribution in [0.1, 0.15) is 37.3 Å². The Bertz CT molecular complexity index is 718. The number of nitrogens with zero attached hydrogens (tertiary/aromatic N) is 2. The second-order valence-electron chi connectivity index (χ2n) is 8.25. The first-order valence-electron chi connectivity index (χ1n) is 10.9. The number of benzene rings is 1. The zero-order chi connectivity index (χ0) is 22.3. The maximum atomic E-state index is 12.7. The van der Waals surface area contributed by atoms with E-state index in [4.69, 9.17) is 14.5 Å². The zero-order valence-corrected chi connectivity index (χ0v) is 18.3. The topological polar surface area (TPSA) is 58.1 Å². The second-order valence-corrected chi connectivity index (χ2v) is 8.25. The van der Waals surface area contributed by atoms with Gasteiger partial charge in [-0.2, -0.15) is 13.2 Å². The summed E-state index contributed by atoms with van der Waals surface area (Å²) in [5.41, 5.74) is 0.00286. The smallest absolute Gasteiger partial charge is 0.381 e. The van der Waals surface area contributed by atoms with Gasteiger partial charge in [-0.15, -0.1) is 0 Å². The van der Waals surface area contributed by atoms with E-state index in [0.717, 1.165) is 62.6 Å². The van der Waals surface area contributed by atoms with Crippen LogP contribution in [0.2, 0.25) is 0 Å². The molecule has 0 saturated carbocycles. The van der Waals surface area contributed by atoms with Crippen LogP contribution >= 0.6 is 0 Å². The first-order chi connectivity index (χ1) is 14.8. The largest absolute Gasteiger partial charge is 0.416 e. The van der Waals surface area contributed by atoms with Crippen LogP contribution in [0, 0.1) is 0 Å². The van der Waals surface area contributed by atoms with Crippen molar-refractivity contribution >= 4 is 5.96 Å². The molecule has 1 atom stereocenters. The van der Waals surface area contributed by atoms with Crippen LogP contribution in [0.25, 0.3) is 0 Å². The molecule has 2 aliphatic heterocycles. The fourth-order valence-electron chi connectivity index (χ4n) is 4.06. The Hall–Kier alpha value is -1.84. The summed E-state index contributed by atoms with van der Waals surface area (Å²) in [4.78, 5) is 7.02. The van der Waals surface area contributed by atoms with Crippen LogP contribution in [0.4, 0.5) is 13.2 Å². The number of hydrogen-bond donors (Lipinski definition) is 2. The Balaban J connectivity index is 1.53. The molecule has 0 aliphatic carbocycles. The molecule has 1 aromatic carbocycles. The first kappa shape index (κ1) is 23.8. The number of hydrogen-bond acceptors (Lipinski definition) is 4. The van der Waals surface area contributed by atoms with E-state index in [1.54, 1.807) is 19.2 Å². The molecule has 174 valence electrons. The van der Waals surface area contributed by atoms with Gasteiger partial charge in [-0.25, -0.2) is 0 Å². The van der Waals surface area contributed by atoms with Crippen molar-refractivity contribution in [3.8, 4) is 0 Å². The highest BCUT2D eigenvalue weighted by atomic mass is 19.4. The lowest BCUT2D eigenvalue weighted by Gasteiger charge is -2.34. The van der Waals surface area contributed by atoms with E-state index in [-0.39, 0.29) is 11.6 Å². The maximum absolute atomic E-state index is 12.7. The molecule has 3 rings (SSSR count). The summed E-state index contributed by atoms with van der Waals surface area (Å²) >= 11 is 0. The number of rotatable bonds is 7. The van der Waals surface area contributed by atoms with Gasteiger partial charge in [0.2, 0.25) is 0 Å². The van der Waals surface area contributed by atoms with Crippen LogP contribution in [-0.2, 0) is 22.2 Å². The number of likely N-dealkylation sites (tertiary alicyclic amines) is 1. The number of ether oxygens (including phenoxy) is 2. The summed E-state index contributed by atoms with van der Waals surface area (Å²) in [6.45, 7) is 7.08. The Morgan fingerprint density at radius 1 is 1.26 bits per heavy atom. The molecular formula is C22H33F3N4O2. The molecule has 2 saturated heterocycles. The van der Waals surface area contributed by atoms with Gasteiger partial charge in [-0.1, -0.05) is 12.1 Å². The molecule has 1 unspecified atom stereocenters. The van der Waals surface area contributed by atoms with Crippen molar-refractivity contribution < 1.29 is 22.6 Å². The molecule has 0 aromatic heterocycles. The van der Waals surface area contributed by atoms with Crippen LogP contribution in [0.3, 0.4) is 0 Å². The molecule has 2 heterocycles. The van der Waals surface area contributed by atoms with E-state index in [9.17, 15) is 13.2 Å². The molecule has 2 N–H and O–H groups in total. The SMILES string of the molecule is CCNC(=NCC1(OC)CCOCC1)NC1CCN(Cc2ccc(C(F)(F)F)cc2)C1. The van der Waals surface area contributed by atoms with E-state index in [2.05, 4.69) is 15.5 Å². The number of aliphatic imine (C=N–C) groups is 1. The number of alkyl halides is 3. The van der Waals surface area contributed by atoms with Gasteiger partial charge in [0.05, 0.1) is 17.7 Å². The Morgan fingerprint density at radius 2 is 1.97 bits per heavy atom. The lowest BCUT2D eigenvalue weighted by molar-refractivity contribution is -0.137. The zero-order valence-electron chi connectivity index (χ0n) is 18.3. The highest BCUT2D eigenvalue weighted by molar-refractivity contribution is 5.80. The Labute approximate surface area is 182 Å². The summed E-state index contributed by atoms with van der Waals surface area (Å²) in [7, 11) is 1.73. The molecule has 0 bridgehead atoms. The van der Waals surface area contributed by atoms with Crippen molar-refractivity contribution in [1.82, 2.24) is 15.5 Å². The van der Waals surface area contributed by atoms with Gasteiger partial charge in [-0.3, -0.25) is 9.89 Å². The molecule has 0 amide bonds. The van der Waals surface area contributed by atoms with Crippen LogP contribution in [0.15, 0.2) is 29.3 Å². The average molecular weight is 443 g/mol. The van der Waals surface area contributed by atoms with Crippen molar-refractivity contribution in [1.29, 1.82) is 0 Å². The van der Waals surface area contributed by atoms with Crippen molar-refractivity contribution in [2.24, 2.45) is 4.99 Å². The fourth-order valence-corrected chi connectivity index (χ4v) is 4.06. The van der Waals surface area contributed by atoms with Crippen molar-refractivity contribution in [2.75, 3.05) is 46.5 Å². The predicted molar refractivity (Wildman–Crippen MR) is 114 cm³/mol. The fraction of sp³-hybridized carbons (Fsp3) is 0.682. The van der Waals surface area contributed by atoms with Crippen LogP contribution < -0.4 is 10.6 Å². The van der Waals surface area contributed by atoms with Gasteiger partial charge < -0.3 is 20.1 Å². The average Bonchev–Trinajstić information content (AvgIpc) is 3.19. The van der Waals surface area contributed by atoms with Gasteiger partial charge in [0.15, 0.2) is 5.96 Å². The van der Waals surface area contributed by atoms with Crippen molar-refractivity contribution in [3.63, 3.8) is 0 Å². The molecule has 2 fully saturated rings. The minimum Gasteiger partial charge on any atom is -0.381 e. The number of halogens is 3. The molecule has 9 heteroatoms. The maximum Gasteiger partial charge on any atom is 0.416 e. The summed E-state index contributed by atoms with van der Waals surface area (Å²) < 4.78 is 49.4. The predicted octanol–water partition coefficient (Wildman–Crippen LogP) is 3.03. The standard InChI is InChI=1S/C22H33F3N4O2/c1-3-26-20(27-16-21(30-2)9-12-31-13-10-21)28-19-8-11-29(15-19)14-17-4-6-18(7-5-17)22(23,24)25/h4-7,19H,3,8-16H2,1-2H3,(H2,26,27,28). The van der Waals surface area contributed by atoms with Gasteiger partial charge in [0, 0.05) is 65.4 Å². The van der Waals surface area contributed by atoms with Gasteiger partial charge in [-0.05, 0) is 31.0 Å². The normalized spacial score (nSPS) is 22.5. The first-order valence-corrected chi connectivity index (χ1v) is 10.9. The lowest BCUT2D eigenvalue weighted by atomic mass is 9.94. The molecule has 0 spiro atoms. The van der Waals surface area contributed by atoms with Gasteiger partial charge >= 0.3 is 6.18 Å². The Kier molecular flexibility index (Phi) is 8.18. The summed E-state index contributed by atoms with van der Waals surface area (Å²) in [6.07, 6.45) is -1.68. The van der Waals surface area contributed by atoms with Gasteiger partial charge in [0.1, 0.15) is 0 Å². The highest BCUT2D eigenvalue weighted by Gasteiger charge is 2.33. The Morgan fingerprint density at radius 3 is 2.58 bits per heavy atom. The quantitative estimate of drug-likeness (QED) is 0.502. The van der Waals surface area contributed by atoms with E-state index in [1.807, 2.05) is 6.92 Å². The van der Waals surface area contributed by atoms with E-state index in [0.29, 0.717) is 26.3 Å². The third kappa shape index (κ3) is 6.82. The van der Waals surface area contributed by atoms with Crippen molar-refractivity contribution in [3.05, 3.63) is 35.4 Å². The third-order valence-electron chi connectivity index (χ3n) is 6.01. The van der Waals surface area contributed by atoms with E-state index >= 15 is 0 Å². The minimum atomic E-state index is -4.30. The van der Waals surface area contributed by atoms with Crippen LogP contribution in [0.5, 0.6) is 0 Å². The molecule has 31 heavy (non-hydrogen) atoms. The monoisotopic (exact) mass is 442 g/mol. The molecule has 1 aromatic rings.